The van der Waals surface area contributed by atoms with Crippen molar-refractivity contribution < 1.29 is 14.3 Å². The molecule has 1 atom stereocenters. The maximum atomic E-state index is 13.3. The number of rotatable bonds is 3. The highest BCUT2D eigenvalue weighted by molar-refractivity contribution is 5.78. The molecule has 0 bridgehead atoms. The van der Waals surface area contributed by atoms with Gasteiger partial charge in [0.2, 0.25) is 0 Å². The molecule has 0 heterocycles. The molecule has 1 unspecified atom stereocenters. The number of anilines is 1. The van der Waals surface area contributed by atoms with E-state index in [9.17, 15) is 9.18 Å². The Morgan fingerprint density at radius 1 is 1.62 bits per heavy atom. The first-order chi connectivity index (χ1) is 7.49. The van der Waals surface area contributed by atoms with Gasteiger partial charge in [0.05, 0.1) is 5.69 Å². The summed E-state index contributed by atoms with van der Waals surface area (Å²) in [6, 6.07) is 5.03. The number of hydrogen-bond donors (Lipinski definition) is 1. The zero-order chi connectivity index (χ0) is 12.3. The fourth-order valence-electron chi connectivity index (χ4n) is 1.29. The second-order valence-corrected chi connectivity index (χ2v) is 3.37. The minimum absolute atomic E-state index is 0.141. The monoisotopic (exact) mass is 222 g/mol. The van der Waals surface area contributed by atoms with E-state index in [1.165, 1.54) is 37.1 Å². The Morgan fingerprint density at radius 2 is 2.25 bits per heavy atom. The van der Waals surface area contributed by atoms with Crippen LogP contribution in [0.4, 0.5) is 10.1 Å². The van der Waals surface area contributed by atoms with E-state index in [0.29, 0.717) is 0 Å². The van der Waals surface area contributed by atoms with E-state index in [1.54, 1.807) is 6.07 Å². The highest BCUT2D eigenvalue weighted by atomic mass is 19.1. The lowest BCUT2D eigenvalue weighted by Crippen LogP contribution is -2.36. The maximum absolute atomic E-state index is 13.3. The van der Waals surface area contributed by atoms with Crippen molar-refractivity contribution in [2.24, 2.45) is 0 Å². The molecule has 0 saturated carbocycles. The molecule has 0 spiro atoms. The van der Waals surface area contributed by atoms with Crippen LogP contribution < -0.4 is 4.90 Å². The summed E-state index contributed by atoms with van der Waals surface area (Å²) < 4.78 is 13.3. The molecule has 0 fully saturated rings. The Bertz CT molecular complexity index is 454. The van der Waals surface area contributed by atoms with Crippen LogP contribution in [-0.2, 0) is 4.79 Å². The number of likely N-dealkylation sites (N-methyl/N-ethyl adjacent to an activating group) is 1. The second kappa shape index (κ2) is 4.62. The van der Waals surface area contributed by atoms with Crippen LogP contribution >= 0.6 is 0 Å². The smallest absolute Gasteiger partial charge is 0.326 e. The number of carbonyl (C=O) groups is 1. The van der Waals surface area contributed by atoms with Gasteiger partial charge < -0.3 is 10.0 Å². The molecule has 16 heavy (non-hydrogen) atoms. The number of aliphatic carboxylic acids is 1. The molecule has 1 rings (SSSR count). The van der Waals surface area contributed by atoms with Gasteiger partial charge in [-0.2, -0.15) is 5.26 Å². The van der Waals surface area contributed by atoms with E-state index in [4.69, 9.17) is 10.4 Å². The average Bonchev–Trinajstić information content (AvgIpc) is 2.26. The summed E-state index contributed by atoms with van der Waals surface area (Å²) in [5.41, 5.74) is 0.135. The number of carboxylic acid groups (broad SMARTS) is 1. The number of carboxylic acids is 1. The second-order valence-electron chi connectivity index (χ2n) is 3.37. The Kier molecular flexibility index (Phi) is 3.46. The van der Waals surface area contributed by atoms with Crippen LogP contribution in [0.1, 0.15) is 12.5 Å². The minimum atomic E-state index is -1.03. The van der Waals surface area contributed by atoms with E-state index in [2.05, 4.69) is 0 Å². The molecule has 0 aliphatic carbocycles. The molecule has 5 heteroatoms. The Morgan fingerprint density at radius 3 is 2.75 bits per heavy atom. The molecule has 84 valence electrons. The Balaban J connectivity index is 3.19. The number of hydrogen-bond acceptors (Lipinski definition) is 3. The molecule has 0 aromatic heterocycles. The first kappa shape index (κ1) is 12.0. The summed E-state index contributed by atoms with van der Waals surface area (Å²) in [4.78, 5) is 12.1. The van der Waals surface area contributed by atoms with E-state index < -0.39 is 17.8 Å². The van der Waals surface area contributed by atoms with Gasteiger partial charge in [-0.25, -0.2) is 9.18 Å². The summed E-state index contributed by atoms with van der Waals surface area (Å²) in [5, 5.41) is 17.6. The van der Waals surface area contributed by atoms with Crippen molar-refractivity contribution in [2.75, 3.05) is 11.9 Å². The topological polar surface area (TPSA) is 64.3 Å². The van der Waals surface area contributed by atoms with E-state index >= 15 is 0 Å². The summed E-state index contributed by atoms with van der Waals surface area (Å²) in [6.45, 7) is 1.47. The molecular weight excluding hydrogens is 211 g/mol. The zero-order valence-electron chi connectivity index (χ0n) is 8.94. The van der Waals surface area contributed by atoms with E-state index in [0.717, 1.165) is 0 Å². The molecule has 0 radical (unpaired) electrons. The van der Waals surface area contributed by atoms with Gasteiger partial charge in [0.15, 0.2) is 0 Å². The van der Waals surface area contributed by atoms with Crippen LogP contribution in [0.15, 0.2) is 18.2 Å². The van der Waals surface area contributed by atoms with Crippen LogP contribution in [0, 0.1) is 17.1 Å². The average molecular weight is 222 g/mol. The molecule has 1 aromatic rings. The lowest BCUT2D eigenvalue weighted by atomic mass is 10.1. The molecule has 1 aromatic carbocycles. The Labute approximate surface area is 92.5 Å². The van der Waals surface area contributed by atoms with Crippen molar-refractivity contribution in [3.05, 3.63) is 29.6 Å². The molecule has 0 saturated heterocycles. The molecule has 4 nitrogen and oxygen atoms in total. The predicted octanol–water partition coefficient (Wildman–Crippen LogP) is 1.61. The van der Waals surface area contributed by atoms with Crippen LogP contribution in [0.2, 0.25) is 0 Å². The van der Waals surface area contributed by atoms with E-state index in [-0.39, 0.29) is 11.3 Å². The third kappa shape index (κ3) is 2.11. The molecular formula is C11H11FN2O2. The van der Waals surface area contributed by atoms with Crippen molar-refractivity contribution in [1.82, 2.24) is 0 Å². The lowest BCUT2D eigenvalue weighted by molar-refractivity contribution is -0.138. The summed E-state index contributed by atoms with van der Waals surface area (Å²) in [6.07, 6.45) is 0. The molecule has 0 aliphatic heterocycles. The van der Waals surface area contributed by atoms with Gasteiger partial charge in [0.25, 0.3) is 0 Å². The first-order valence-corrected chi connectivity index (χ1v) is 4.63. The van der Waals surface area contributed by atoms with Gasteiger partial charge in [-0.15, -0.1) is 0 Å². The zero-order valence-corrected chi connectivity index (χ0v) is 8.94. The van der Waals surface area contributed by atoms with Gasteiger partial charge in [-0.1, -0.05) is 6.07 Å². The third-order valence-corrected chi connectivity index (χ3v) is 2.42. The normalized spacial score (nSPS) is 11.6. The predicted molar refractivity (Wildman–Crippen MR) is 56.6 cm³/mol. The highest BCUT2D eigenvalue weighted by Crippen LogP contribution is 2.22. The summed E-state index contributed by atoms with van der Waals surface area (Å²) in [5.74, 6) is -1.68. The van der Waals surface area contributed by atoms with Crippen LogP contribution in [-0.4, -0.2) is 24.2 Å². The van der Waals surface area contributed by atoms with Gasteiger partial charge in [-0.3, -0.25) is 0 Å². The largest absolute Gasteiger partial charge is 0.480 e. The summed E-state index contributed by atoms with van der Waals surface area (Å²) in [7, 11) is 1.51. The SMILES string of the molecule is CC(C(=O)O)N(C)c1cccc(F)c1C#N. The number of benzene rings is 1. The molecule has 0 amide bonds. The number of nitrogens with zero attached hydrogens (tertiary/aromatic N) is 2. The lowest BCUT2D eigenvalue weighted by Gasteiger charge is -2.24. The van der Waals surface area contributed by atoms with Crippen LogP contribution in [0.25, 0.3) is 0 Å². The van der Waals surface area contributed by atoms with Crippen LogP contribution in [0.3, 0.4) is 0 Å². The van der Waals surface area contributed by atoms with Crippen molar-refractivity contribution in [3.63, 3.8) is 0 Å². The fraction of sp³-hybridized carbons (Fsp3) is 0.273. The quantitative estimate of drug-likeness (QED) is 0.843. The van der Waals surface area contributed by atoms with Crippen molar-refractivity contribution >= 4 is 11.7 Å². The van der Waals surface area contributed by atoms with Crippen molar-refractivity contribution in [3.8, 4) is 6.07 Å². The van der Waals surface area contributed by atoms with Gasteiger partial charge in [-0.05, 0) is 19.1 Å². The highest BCUT2D eigenvalue weighted by Gasteiger charge is 2.20. The minimum Gasteiger partial charge on any atom is -0.480 e. The van der Waals surface area contributed by atoms with Gasteiger partial charge >= 0.3 is 5.97 Å². The standard InChI is InChI=1S/C11H11FN2O2/c1-7(11(15)16)14(2)10-5-3-4-9(12)8(10)6-13/h3-5,7H,1-2H3,(H,15,16). The van der Waals surface area contributed by atoms with Gasteiger partial charge in [0.1, 0.15) is 23.5 Å². The third-order valence-electron chi connectivity index (χ3n) is 2.42. The Hall–Kier alpha value is -2.09. The van der Waals surface area contributed by atoms with Crippen molar-refractivity contribution in [1.29, 1.82) is 5.26 Å². The van der Waals surface area contributed by atoms with Crippen LogP contribution in [0.5, 0.6) is 0 Å². The van der Waals surface area contributed by atoms with Gasteiger partial charge in [0, 0.05) is 7.05 Å². The van der Waals surface area contributed by atoms with E-state index in [1.807, 2.05) is 0 Å². The molecule has 1 N–H and O–H groups in total. The first-order valence-electron chi connectivity index (χ1n) is 4.63. The number of nitriles is 1. The van der Waals surface area contributed by atoms with Crippen molar-refractivity contribution in [2.45, 2.75) is 13.0 Å². The number of halogens is 1. The fourth-order valence-corrected chi connectivity index (χ4v) is 1.29. The maximum Gasteiger partial charge on any atom is 0.326 e. The summed E-state index contributed by atoms with van der Waals surface area (Å²) >= 11 is 0. The molecule has 0 aliphatic rings.